The van der Waals surface area contributed by atoms with Gasteiger partial charge in [0.25, 0.3) is 5.91 Å². The molecular formula is C15H18F2N4O2. The molecule has 0 saturated carbocycles. The van der Waals surface area contributed by atoms with Gasteiger partial charge in [0.05, 0.1) is 0 Å². The zero-order chi connectivity index (χ0) is 16.8. The number of alkyl halides is 2. The Morgan fingerprint density at radius 3 is 2.61 bits per heavy atom. The van der Waals surface area contributed by atoms with Gasteiger partial charge in [0, 0.05) is 24.6 Å². The fourth-order valence-corrected chi connectivity index (χ4v) is 2.05. The Balaban J connectivity index is 1.86. The van der Waals surface area contributed by atoms with E-state index in [-0.39, 0.29) is 17.7 Å². The lowest BCUT2D eigenvalue weighted by Crippen LogP contribution is -2.26. The van der Waals surface area contributed by atoms with Gasteiger partial charge in [-0.15, -0.1) is 10.2 Å². The van der Waals surface area contributed by atoms with Gasteiger partial charge in [0.15, 0.2) is 0 Å². The van der Waals surface area contributed by atoms with Crippen molar-refractivity contribution in [1.29, 1.82) is 0 Å². The summed E-state index contributed by atoms with van der Waals surface area (Å²) in [5.41, 5.74) is 0.372. The molecule has 1 heterocycles. The van der Waals surface area contributed by atoms with Gasteiger partial charge in [-0.2, -0.15) is 8.78 Å². The molecule has 0 saturated heterocycles. The van der Waals surface area contributed by atoms with Gasteiger partial charge in [0.2, 0.25) is 0 Å². The molecule has 0 aliphatic carbocycles. The molecule has 124 valence electrons. The molecule has 2 aromatic rings. The number of rotatable bonds is 7. The number of nitrogens with zero attached hydrogens (tertiary/aromatic N) is 3. The predicted octanol–water partition coefficient (Wildman–Crippen LogP) is 2.43. The molecule has 0 bridgehead atoms. The van der Waals surface area contributed by atoms with E-state index in [0.717, 1.165) is 5.82 Å². The molecule has 1 N–H and O–H groups in total. The van der Waals surface area contributed by atoms with E-state index in [1.807, 2.05) is 18.4 Å². The number of hydrogen-bond donors (Lipinski definition) is 1. The molecule has 0 unspecified atom stereocenters. The van der Waals surface area contributed by atoms with Gasteiger partial charge < -0.3 is 14.6 Å². The van der Waals surface area contributed by atoms with E-state index in [0.29, 0.717) is 18.5 Å². The summed E-state index contributed by atoms with van der Waals surface area (Å²) in [5, 5.41) is 10.6. The molecule has 0 fully saturated rings. The minimum Gasteiger partial charge on any atom is -0.435 e. The summed E-state index contributed by atoms with van der Waals surface area (Å²) >= 11 is 0. The Kier molecular flexibility index (Phi) is 5.61. The number of hydrogen-bond acceptors (Lipinski definition) is 4. The molecule has 8 heteroatoms. The van der Waals surface area contributed by atoms with Crippen LogP contribution < -0.4 is 10.1 Å². The van der Waals surface area contributed by atoms with Crippen molar-refractivity contribution < 1.29 is 18.3 Å². The molecule has 0 aliphatic heterocycles. The summed E-state index contributed by atoms with van der Waals surface area (Å²) in [6.45, 7) is 1.57. The molecule has 1 amide bonds. The van der Waals surface area contributed by atoms with Crippen LogP contribution >= 0.6 is 0 Å². The second kappa shape index (κ2) is 7.66. The number of amides is 1. The zero-order valence-corrected chi connectivity index (χ0v) is 12.9. The number of aromatic nitrogens is 3. The summed E-state index contributed by atoms with van der Waals surface area (Å²) < 4.78 is 30.3. The monoisotopic (exact) mass is 324 g/mol. The maximum atomic E-state index is 12.1. The van der Waals surface area contributed by atoms with Crippen molar-refractivity contribution >= 4 is 5.91 Å². The van der Waals surface area contributed by atoms with E-state index in [9.17, 15) is 13.6 Å². The first-order valence-electron chi connectivity index (χ1n) is 7.19. The zero-order valence-electron chi connectivity index (χ0n) is 12.9. The average Bonchev–Trinajstić information content (AvgIpc) is 2.96. The number of benzene rings is 1. The van der Waals surface area contributed by atoms with Crippen molar-refractivity contribution in [1.82, 2.24) is 20.1 Å². The van der Waals surface area contributed by atoms with E-state index >= 15 is 0 Å². The first-order chi connectivity index (χ1) is 11.0. The van der Waals surface area contributed by atoms with Gasteiger partial charge in [-0.25, -0.2) is 0 Å². The highest BCUT2D eigenvalue weighted by molar-refractivity contribution is 5.94. The topological polar surface area (TPSA) is 69.0 Å². The van der Waals surface area contributed by atoms with Crippen LogP contribution in [0.1, 0.15) is 36.1 Å². The number of halogens is 2. The highest BCUT2D eigenvalue weighted by Crippen LogP contribution is 2.14. The molecule has 0 atom stereocenters. The van der Waals surface area contributed by atoms with Crippen LogP contribution in [0.3, 0.4) is 0 Å². The molecule has 2 rings (SSSR count). The highest BCUT2D eigenvalue weighted by Gasteiger charge is 2.10. The third kappa shape index (κ3) is 4.73. The molecule has 0 spiro atoms. The molecule has 1 aromatic carbocycles. The Bertz CT molecular complexity index is 641. The third-order valence-electron chi connectivity index (χ3n) is 3.18. The van der Waals surface area contributed by atoms with Crippen molar-refractivity contribution in [2.24, 2.45) is 0 Å². The smallest absolute Gasteiger partial charge is 0.387 e. The van der Waals surface area contributed by atoms with E-state index in [2.05, 4.69) is 20.3 Å². The molecule has 0 aliphatic rings. The SMILES string of the molecule is CC(C)n1cnnc1CCNC(=O)c1ccc(OC(F)F)cc1. The van der Waals surface area contributed by atoms with Crippen LogP contribution in [-0.4, -0.2) is 33.8 Å². The quantitative estimate of drug-likeness (QED) is 0.849. The predicted molar refractivity (Wildman–Crippen MR) is 79.5 cm³/mol. The first kappa shape index (κ1) is 16.9. The van der Waals surface area contributed by atoms with Crippen molar-refractivity contribution in [3.63, 3.8) is 0 Å². The lowest BCUT2D eigenvalue weighted by atomic mass is 10.2. The summed E-state index contributed by atoms with van der Waals surface area (Å²) in [5.74, 6) is 0.520. The molecule has 1 aromatic heterocycles. The summed E-state index contributed by atoms with van der Waals surface area (Å²) in [6.07, 6.45) is 2.21. The normalized spacial score (nSPS) is 11.0. The fraction of sp³-hybridized carbons (Fsp3) is 0.400. The minimum atomic E-state index is -2.88. The van der Waals surface area contributed by atoms with Crippen molar-refractivity contribution in [3.8, 4) is 5.75 Å². The Morgan fingerprint density at radius 2 is 2.00 bits per heavy atom. The van der Waals surface area contributed by atoms with Gasteiger partial charge in [-0.1, -0.05) is 0 Å². The largest absolute Gasteiger partial charge is 0.435 e. The summed E-state index contributed by atoms with van der Waals surface area (Å²) in [6, 6.07) is 5.78. The molecule has 23 heavy (non-hydrogen) atoms. The highest BCUT2D eigenvalue weighted by atomic mass is 19.3. The van der Waals surface area contributed by atoms with E-state index < -0.39 is 6.61 Å². The first-order valence-corrected chi connectivity index (χ1v) is 7.19. The van der Waals surface area contributed by atoms with Crippen molar-refractivity contribution in [2.75, 3.05) is 6.54 Å². The van der Waals surface area contributed by atoms with Crippen LogP contribution in [0.25, 0.3) is 0 Å². The van der Waals surface area contributed by atoms with Crippen LogP contribution in [0.15, 0.2) is 30.6 Å². The molecule has 6 nitrogen and oxygen atoms in total. The molecule has 0 radical (unpaired) electrons. The summed E-state index contributed by atoms with van der Waals surface area (Å²) in [7, 11) is 0. The number of ether oxygens (including phenoxy) is 1. The van der Waals surface area contributed by atoms with Gasteiger partial charge >= 0.3 is 6.61 Å². The third-order valence-corrected chi connectivity index (χ3v) is 3.18. The minimum absolute atomic E-state index is 0.0154. The number of nitrogens with one attached hydrogen (secondary N) is 1. The van der Waals surface area contributed by atoms with Crippen LogP contribution in [0.5, 0.6) is 5.75 Å². The van der Waals surface area contributed by atoms with Gasteiger partial charge in [-0.05, 0) is 38.1 Å². The second-order valence-electron chi connectivity index (χ2n) is 5.16. The van der Waals surface area contributed by atoms with Gasteiger partial charge in [-0.3, -0.25) is 4.79 Å². The number of carbonyl (C=O) groups excluding carboxylic acids is 1. The maximum Gasteiger partial charge on any atom is 0.387 e. The van der Waals surface area contributed by atoms with Crippen LogP contribution in [0.4, 0.5) is 8.78 Å². The standard InChI is InChI=1S/C15H18F2N4O2/c1-10(2)21-9-19-20-13(21)7-8-18-14(22)11-3-5-12(6-4-11)23-15(16)17/h3-6,9-10,15H,7-8H2,1-2H3,(H,18,22). The van der Waals surface area contributed by atoms with Crippen LogP contribution in [0, 0.1) is 0 Å². The lowest BCUT2D eigenvalue weighted by molar-refractivity contribution is -0.0498. The Morgan fingerprint density at radius 1 is 1.30 bits per heavy atom. The van der Waals surface area contributed by atoms with E-state index in [1.165, 1.54) is 24.3 Å². The Labute approximate surface area is 132 Å². The fourth-order valence-electron chi connectivity index (χ4n) is 2.05. The van der Waals surface area contributed by atoms with Crippen molar-refractivity contribution in [3.05, 3.63) is 42.0 Å². The lowest BCUT2D eigenvalue weighted by Gasteiger charge is -2.10. The maximum absolute atomic E-state index is 12.1. The summed E-state index contributed by atoms with van der Waals surface area (Å²) in [4.78, 5) is 12.0. The Hall–Kier alpha value is -2.51. The van der Waals surface area contributed by atoms with Crippen LogP contribution in [-0.2, 0) is 6.42 Å². The van der Waals surface area contributed by atoms with Crippen LogP contribution in [0.2, 0.25) is 0 Å². The van der Waals surface area contributed by atoms with Crippen molar-refractivity contribution in [2.45, 2.75) is 32.9 Å². The second-order valence-corrected chi connectivity index (χ2v) is 5.16. The molecular weight excluding hydrogens is 306 g/mol. The van der Waals surface area contributed by atoms with E-state index in [1.54, 1.807) is 6.33 Å². The number of carbonyl (C=O) groups is 1. The van der Waals surface area contributed by atoms with Gasteiger partial charge in [0.1, 0.15) is 17.9 Å². The average molecular weight is 324 g/mol. The van der Waals surface area contributed by atoms with E-state index in [4.69, 9.17) is 0 Å².